The van der Waals surface area contributed by atoms with Gasteiger partial charge in [0.2, 0.25) is 5.91 Å². The maximum absolute atomic E-state index is 13.4. The number of aromatic nitrogens is 2. The maximum Gasteiger partial charge on any atom is 0.227 e. The van der Waals surface area contributed by atoms with Gasteiger partial charge < -0.3 is 4.90 Å². The minimum absolute atomic E-state index is 0.111. The van der Waals surface area contributed by atoms with Gasteiger partial charge in [-0.05, 0) is 62.8 Å². The first-order chi connectivity index (χ1) is 12.6. The Morgan fingerprint density at radius 2 is 1.58 bits per heavy atom. The minimum atomic E-state index is 0.111. The standard InChI is InChI=1S/C22H25N3O/c1-15-5-3-7-19(23-15)13-25(14-20-8-4-6-16(2)24-20)22(26)21-12-17-9-10-18(21)11-17/h3-10,17-18,21H,11-14H2,1-2H3/t17-,18-,21-/m0/s1. The van der Waals surface area contributed by atoms with E-state index in [0.717, 1.165) is 35.6 Å². The van der Waals surface area contributed by atoms with Crippen molar-refractivity contribution in [2.24, 2.45) is 17.8 Å². The van der Waals surface area contributed by atoms with Crippen LogP contribution in [0, 0.1) is 31.6 Å². The number of nitrogens with zero attached hydrogens (tertiary/aromatic N) is 3. The van der Waals surface area contributed by atoms with Crippen LogP contribution in [0.25, 0.3) is 0 Å². The molecule has 0 N–H and O–H groups in total. The van der Waals surface area contributed by atoms with E-state index in [0.29, 0.717) is 24.9 Å². The van der Waals surface area contributed by atoms with Crippen molar-refractivity contribution in [2.45, 2.75) is 39.8 Å². The second-order valence-corrected chi connectivity index (χ2v) is 7.62. The summed E-state index contributed by atoms with van der Waals surface area (Å²) in [5.41, 5.74) is 3.83. The average Bonchev–Trinajstić information content (AvgIpc) is 3.24. The Kier molecular flexibility index (Phi) is 4.58. The first-order valence-corrected chi connectivity index (χ1v) is 9.40. The van der Waals surface area contributed by atoms with Crippen LogP contribution >= 0.6 is 0 Å². The highest BCUT2D eigenvalue weighted by Crippen LogP contribution is 2.44. The molecule has 4 nitrogen and oxygen atoms in total. The van der Waals surface area contributed by atoms with Gasteiger partial charge in [-0.2, -0.15) is 0 Å². The summed E-state index contributed by atoms with van der Waals surface area (Å²) >= 11 is 0. The number of allylic oxidation sites excluding steroid dienone is 2. The lowest BCUT2D eigenvalue weighted by Gasteiger charge is -2.28. The van der Waals surface area contributed by atoms with E-state index in [2.05, 4.69) is 22.1 Å². The molecule has 2 aromatic rings. The molecule has 0 spiro atoms. The van der Waals surface area contributed by atoms with Gasteiger partial charge in [-0.15, -0.1) is 0 Å². The minimum Gasteiger partial charge on any atom is -0.331 e. The van der Waals surface area contributed by atoms with E-state index in [9.17, 15) is 4.79 Å². The van der Waals surface area contributed by atoms with Gasteiger partial charge in [-0.1, -0.05) is 24.3 Å². The van der Waals surface area contributed by atoms with Crippen molar-refractivity contribution in [3.8, 4) is 0 Å². The summed E-state index contributed by atoms with van der Waals surface area (Å²) in [5.74, 6) is 1.35. The number of carbonyl (C=O) groups excluding carboxylic acids is 1. The molecule has 3 atom stereocenters. The van der Waals surface area contributed by atoms with Crippen LogP contribution in [0.1, 0.15) is 35.6 Å². The van der Waals surface area contributed by atoms with Crippen LogP contribution in [0.4, 0.5) is 0 Å². The predicted molar refractivity (Wildman–Crippen MR) is 101 cm³/mol. The number of aryl methyl sites for hydroxylation is 2. The summed E-state index contributed by atoms with van der Waals surface area (Å²) in [5, 5.41) is 0. The van der Waals surface area contributed by atoms with Crippen LogP contribution in [0.5, 0.6) is 0 Å². The molecule has 134 valence electrons. The molecule has 0 saturated heterocycles. The van der Waals surface area contributed by atoms with Crippen LogP contribution in [-0.4, -0.2) is 20.8 Å². The van der Waals surface area contributed by atoms with Gasteiger partial charge in [0, 0.05) is 17.3 Å². The summed E-state index contributed by atoms with van der Waals surface area (Å²) in [6, 6.07) is 12.0. The number of pyridine rings is 2. The Morgan fingerprint density at radius 3 is 2.04 bits per heavy atom. The van der Waals surface area contributed by atoms with Gasteiger partial charge in [-0.25, -0.2) is 0 Å². The number of fused-ring (bicyclic) bond motifs is 2. The highest BCUT2D eigenvalue weighted by molar-refractivity contribution is 5.80. The van der Waals surface area contributed by atoms with Crippen LogP contribution < -0.4 is 0 Å². The first kappa shape index (κ1) is 17.0. The third-order valence-corrected chi connectivity index (χ3v) is 5.51. The van der Waals surface area contributed by atoms with Crippen molar-refractivity contribution in [2.75, 3.05) is 0 Å². The predicted octanol–water partition coefficient (Wildman–Crippen LogP) is 3.83. The Hall–Kier alpha value is -2.49. The highest BCUT2D eigenvalue weighted by atomic mass is 16.2. The van der Waals surface area contributed by atoms with Gasteiger partial charge in [0.05, 0.1) is 24.5 Å². The molecular formula is C22H25N3O. The maximum atomic E-state index is 13.4. The highest BCUT2D eigenvalue weighted by Gasteiger charge is 2.41. The smallest absolute Gasteiger partial charge is 0.227 e. The van der Waals surface area contributed by atoms with Gasteiger partial charge in [0.25, 0.3) is 0 Å². The molecule has 2 heterocycles. The molecule has 0 aromatic carbocycles. The molecule has 2 bridgehead atoms. The number of amides is 1. The Bertz CT molecular complexity index is 797. The fourth-order valence-corrected chi connectivity index (χ4v) is 4.28. The van der Waals surface area contributed by atoms with Crippen LogP contribution in [0.2, 0.25) is 0 Å². The monoisotopic (exact) mass is 347 g/mol. The molecule has 1 saturated carbocycles. The zero-order valence-corrected chi connectivity index (χ0v) is 15.4. The largest absolute Gasteiger partial charge is 0.331 e. The lowest BCUT2D eigenvalue weighted by Crippen LogP contribution is -2.37. The van der Waals surface area contributed by atoms with Crippen LogP contribution in [-0.2, 0) is 17.9 Å². The van der Waals surface area contributed by atoms with E-state index in [1.54, 1.807) is 0 Å². The third-order valence-electron chi connectivity index (χ3n) is 5.51. The van der Waals surface area contributed by atoms with Crippen molar-refractivity contribution >= 4 is 5.91 Å². The molecule has 4 rings (SSSR count). The van der Waals surface area contributed by atoms with Gasteiger partial charge in [0.15, 0.2) is 0 Å². The van der Waals surface area contributed by atoms with Gasteiger partial charge >= 0.3 is 0 Å². The molecule has 1 fully saturated rings. The van der Waals surface area contributed by atoms with E-state index < -0.39 is 0 Å². The van der Waals surface area contributed by atoms with Crippen molar-refractivity contribution in [3.63, 3.8) is 0 Å². The average molecular weight is 347 g/mol. The quantitative estimate of drug-likeness (QED) is 0.772. The van der Waals surface area contributed by atoms with Crippen LogP contribution in [0.15, 0.2) is 48.6 Å². The summed E-state index contributed by atoms with van der Waals surface area (Å²) in [4.78, 5) is 24.5. The molecule has 2 aliphatic carbocycles. The topological polar surface area (TPSA) is 46.1 Å². The Balaban J connectivity index is 1.58. The molecular weight excluding hydrogens is 322 g/mol. The lowest BCUT2D eigenvalue weighted by atomic mass is 9.92. The summed E-state index contributed by atoms with van der Waals surface area (Å²) < 4.78 is 0. The molecule has 2 aromatic heterocycles. The fourth-order valence-electron chi connectivity index (χ4n) is 4.28. The van der Waals surface area contributed by atoms with Gasteiger partial charge in [-0.3, -0.25) is 14.8 Å². The molecule has 0 aliphatic heterocycles. The summed E-state index contributed by atoms with van der Waals surface area (Å²) in [7, 11) is 0. The first-order valence-electron chi connectivity index (χ1n) is 9.40. The molecule has 1 amide bonds. The van der Waals surface area contributed by atoms with E-state index in [1.165, 1.54) is 0 Å². The van der Waals surface area contributed by atoms with Crippen molar-refractivity contribution < 1.29 is 4.79 Å². The normalized spacial score (nSPS) is 23.4. The summed E-state index contributed by atoms with van der Waals surface area (Å²) in [6.45, 7) is 5.04. The van der Waals surface area contributed by atoms with E-state index in [-0.39, 0.29) is 11.8 Å². The van der Waals surface area contributed by atoms with E-state index >= 15 is 0 Å². The molecule has 26 heavy (non-hydrogen) atoms. The zero-order valence-electron chi connectivity index (χ0n) is 15.4. The van der Waals surface area contributed by atoms with Crippen molar-refractivity contribution in [1.82, 2.24) is 14.9 Å². The molecule has 4 heteroatoms. The number of carbonyl (C=O) groups is 1. The SMILES string of the molecule is Cc1cccc(CN(Cc2cccc(C)n2)C(=O)[C@H]2C[C@H]3C=C[C@H]2C3)n1. The number of hydrogen-bond donors (Lipinski definition) is 0. The molecule has 0 unspecified atom stereocenters. The fraction of sp³-hybridized carbons (Fsp3) is 0.409. The van der Waals surface area contributed by atoms with E-state index in [4.69, 9.17) is 0 Å². The lowest BCUT2D eigenvalue weighted by molar-refractivity contribution is -0.137. The number of hydrogen-bond acceptors (Lipinski definition) is 3. The summed E-state index contributed by atoms with van der Waals surface area (Å²) in [6.07, 6.45) is 6.64. The Morgan fingerprint density at radius 1 is 0.962 bits per heavy atom. The molecule has 0 radical (unpaired) electrons. The van der Waals surface area contributed by atoms with Crippen molar-refractivity contribution in [3.05, 3.63) is 71.3 Å². The Labute approximate surface area is 155 Å². The molecule has 2 aliphatic rings. The second-order valence-electron chi connectivity index (χ2n) is 7.62. The zero-order chi connectivity index (χ0) is 18.1. The third kappa shape index (κ3) is 3.55. The van der Waals surface area contributed by atoms with Crippen LogP contribution in [0.3, 0.4) is 0 Å². The van der Waals surface area contributed by atoms with E-state index in [1.807, 2.05) is 55.1 Å². The number of rotatable bonds is 5. The van der Waals surface area contributed by atoms with Gasteiger partial charge in [0.1, 0.15) is 0 Å². The van der Waals surface area contributed by atoms with Crippen molar-refractivity contribution in [1.29, 1.82) is 0 Å². The second kappa shape index (κ2) is 7.02.